The van der Waals surface area contributed by atoms with Crippen molar-refractivity contribution < 1.29 is 23.9 Å². The highest BCUT2D eigenvalue weighted by Gasteiger charge is 2.25. The molecule has 1 aliphatic rings. The number of hydrogen-bond acceptors (Lipinski definition) is 7. The average molecular weight is 563 g/mol. The number of benzene rings is 1. The van der Waals surface area contributed by atoms with Gasteiger partial charge in [0.1, 0.15) is 23.7 Å². The van der Waals surface area contributed by atoms with Crippen LogP contribution in [0.5, 0.6) is 0 Å². The molecule has 2 amide bonds. The molecule has 1 aromatic heterocycles. The number of ether oxygens (including phenoxy) is 1. The first-order valence-corrected chi connectivity index (χ1v) is 13.9. The van der Waals surface area contributed by atoms with E-state index in [1.165, 1.54) is 33.9 Å². The number of aromatic nitrogens is 2. The summed E-state index contributed by atoms with van der Waals surface area (Å²) in [6.07, 6.45) is 9.42. The van der Waals surface area contributed by atoms with E-state index in [1.807, 2.05) is 6.07 Å². The Morgan fingerprint density at radius 1 is 1.02 bits per heavy atom. The lowest BCUT2D eigenvalue weighted by molar-refractivity contribution is -0.133. The number of carbonyl (C=O) groups excluding carboxylic acids is 4. The van der Waals surface area contributed by atoms with Crippen molar-refractivity contribution >= 4 is 29.3 Å². The van der Waals surface area contributed by atoms with Crippen molar-refractivity contribution in [3.05, 3.63) is 70.7 Å². The molecule has 1 N–H and O–H groups in total. The highest BCUT2D eigenvalue weighted by molar-refractivity contribution is 6.48. The molecular weight excluding hydrogens is 524 g/mol. The molecule has 218 valence electrons. The largest absolute Gasteiger partial charge is 0.444 e. The standard InChI is InChI=1S/C31H38N4O6/c1-5-6-7-8-12-18-34(20-23-16-13-17-25(36)27(23)38)26(37)21-35-28(22-14-10-9-11-15-22)32-19-24(29(35)39)33-30(40)41-31(2,3)4/h9-11,13-17,19H,5-8,12,18,20-21H2,1-4H3,(H,33,40). The Morgan fingerprint density at radius 3 is 2.41 bits per heavy atom. The number of Topliss-reactive ketones (excluding diaryl/α,β-unsaturated/α-hetero) is 1. The van der Waals surface area contributed by atoms with Crippen LogP contribution in [-0.4, -0.2) is 56.7 Å². The number of hydrogen-bond donors (Lipinski definition) is 1. The van der Waals surface area contributed by atoms with Crippen LogP contribution in [0.25, 0.3) is 11.4 Å². The second kappa shape index (κ2) is 14.3. The van der Waals surface area contributed by atoms with Crippen LogP contribution in [0.15, 0.2) is 65.1 Å². The smallest absolute Gasteiger partial charge is 0.412 e. The van der Waals surface area contributed by atoms with E-state index in [-0.39, 0.29) is 30.2 Å². The fourth-order valence-corrected chi connectivity index (χ4v) is 4.28. The van der Waals surface area contributed by atoms with Gasteiger partial charge < -0.3 is 9.64 Å². The molecule has 0 spiro atoms. The lowest BCUT2D eigenvalue weighted by Crippen LogP contribution is -2.41. The molecule has 2 aromatic rings. The third kappa shape index (κ3) is 9.09. The Bertz CT molecular complexity index is 1390. The van der Waals surface area contributed by atoms with E-state index in [9.17, 15) is 24.0 Å². The van der Waals surface area contributed by atoms with Gasteiger partial charge in [-0.3, -0.25) is 29.1 Å². The molecule has 0 saturated heterocycles. The van der Waals surface area contributed by atoms with Gasteiger partial charge >= 0.3 is 6.09 Å². The van der Waals surface area contributed by atoms with Gasteiger partial charge in [-0.1, -0.05) is 75.1 Å². The zero-order valence-corrected chi connectivity index (χ0v) is 24.1. The topological polar surface area (TPSA) is 128 Å². The first-order valence-electron chi connectivity index (χ1n) is 13.9. The molecule has 0 fully saturated rings. The summed E-state index contributed by atoms with van der Waals surface area (Å²) in [6, 6.07) is 8.92. The van der Waals surface area contributed by atoms with E-state index in [4.69, 9.17) is 4.74 Å². The summed E-state index contributed by atoms with van der Waals surface area (Å²) in [4.78, 5) is 70.1. The van der Waals surface area contributed by atoms with E-state index < -0.39 is 34.7 Å². The van der Waals surface area contributed by atoms with Gasteiger partial charge in [-0.15, -0.1) is 0 Å². The number of ketones is 2. The second-order valence-corrected chi connectivity index (χ2v) is 10.9. The summed E-state index contributed by atoms with van der Waals surface area (Å²) in [5.41, 5.74) is -0.733. The SMILES string of the molecule is CCCCCCCN(CC1=CC=CC(=O)C1=O)C(=O)Cn1c(-c2ccccc2)ncc(NC(=O)OC(C)(C)C)c1=O. The van der Waals surface area contributed by atoms with Crippen molar-refractivity contribution in [1.82, 2.24) is 14.5 Å². The zero-order valence-electron chi connectivity index (χ0n) is 24.1. The van der Waals surface area contributed by atoms with Crippen LogP contribution in [0, 0.1) is 0 Å². The molecule has 1 heterocycles. The molecule has 0 radical (unpaired) electrons. The number of rotatable bonds is 12. The summed E-state index contributed by atoms with van der Waals surface area (Å²) in [6.45, 7) is 7.13. The Morgan fingerprint density at radius 2 is 1.73 bits per heavy atom. The number of amides is 2. The van der Waals surface area contributed by atoms with Gasteiger partial charge in [0, 0.05) is 24.2 Å². The van der Waals surface area contributed by atoms with Gasteiger partial charge in [0.05, 0.1) is 6.20 Å². The van der Waals surface area contributed by atoms with E-state index in [0.29, 0.717) is 18.5 Å². The summed E-state index contributed by atoms with van der Waals surface area (Å²) >= 11 is 0. The van der Waals surface area contributed by atoms with Crippen molar-refractivity contribution in [3.8, 4) is 11.4 Å². The Kier molecular flexibility index (Phi) is 10.9. The van der Waals surface area contributed by atoms with Crippen LogP contribution in [0.1, 0.15) is 59.8 Å². The molecule has 0 atom stereocenters. The molecule has 1 aromatic carbocycles. The maximum absolute atomic E-state index is 13.7. The third-order valence-electron chi connectivity index (χ3n) is 6.31. The van der Waals surface area contributed by atoms with Crippen LogP contribution in [0.3, 0.4) is 0 Å². The highest BCUT2D eigenvalue weighted by Crippen LogP contribution is 2.18. The van der Waals surface area contributed by atoms with Gasteiger partial charge in [-0.25, -0.2) is 9.78 Å². The quantitative estimate of drug-likeness (QED) is 0.226. The minimum absolute atomic E-state index is 0.0553. The van der Waals surface area contributed by atoms with Gasteiger partial charge in [-0.05, 0) is 33.3 Å². The lowest BCUT2D eigenvalue weighted by Gasteiger charge is -2.25. The van der Waals surface area contributed by atoms with Gasteiger partial charge in [0.25, 0.3) is 5.56 Å². The number of anilines is 1. The van der Waals surface area contributed by atoms with Gasteiger partial charge in [0.15, 0.2) is 0 Å². The average Bonchev–Trinajstić information content (AvgIpc) is 2.92. The monoisotopic (exact) mass is 562 g/mol. The van der Waals surface area contributed by atoms with E-state index in [2.05, 4.69) is 17.2 Å². The normalized spacial score (nSPS) is 13.1. The minimum atomic E-state index is -0.823. The number of nitrogens with zero attached hydrogens (tertiary/aromatic N) is 3. The van der Waals surface area contributed by atoms with Crippen LogP contribution in [0.4, 0.5) is 10.5 Å². The zero-order chi connectivity index (χ0) is 30.0. The van der Waals surface area contributed by atoms with Crippen LogP contribution in [-0.2, 0) is 25.7 Å². The predicted octanol–water partition coefficient (Wildman–Crippen LogP) is 4.69. The van der Waals surface area contributed by atoms with Crippen LogP contribution in [0.2, 0.25) is 0 Å². The first-order chi connectivity index (χ1) is 19.5. The van der Waals surface area contributed by atoms with E-state index in [0.717, 1.165) is 25.7 Å². The maximum atomic E-state index is 13.7. The van der Waals surface area contributed by atoms with Crippen molar-refractivity contribution in [2.45, 2.75) is 71.9 Å². The Balaban J connectivity index is 1.94. The Hall–Kier alpha value is -4.34. The molecule has 0 aliphatic heterocycles. The summed E-state index contributed by atoms with van der Waals surface area (Å²) in [5, 5.41) is 2.44. The van der Waals surface area contributed by atoms with Gasteiger partial charge in [-0.2, -0.15) is 0 Å². The van der Waals surface area contributed by atoms with Crippen molar-refractivity contribution in [2.24, 2.45) is 0 Å². The first kappa shape index (κ1) is 31.2. The minimum Gasteiger partial charge on any atom is -0.444 e. The Labute approximate surface area is 240 Å². The molecule has 41 heavy (non-hydrogen) atoms. The fraction of sp³-hybridized carbons (Fsp3) is 0.419. The molecule has 0 bridgehead atoms. The van der Waals surface area contributed by atoms with E-state index >= 15 is 0 Å². The second-order valence-electron chi connectivity index (χ2n) is 10.9. The van der Waals surface area contributed by atoms with Gasteiger partial charge in [0.2, 0.25) is 17.5 Å². The number of allylic oxidation sites excluding steroid dienone is 3. The van der Waals surface area contributed by atoms with Crippen LogP contribution < -0.4 is 10.9 Å². The molecule has 10 nitrogen and oxygen atoms in total. The number of nitrogens with one attached hydrogen (secondary N) is 1. The van der Waals surface area contributed by atoms with Crippen molar-refractivity contribution in [3.63, 3.8) is 0 Å². The molecular formula is C31H38N4O6. The number of unbranched alkanes of at least 4 members (excludes halogenated alkanes) is 4. The molecule has 0 saturated carbocycles. The molecule has 1 aliphatic carbocycles. The number of carbonyl (C=O) groups is 4. The molecule has 0 unspecified atom stereocenters. The predicted molar refractivity (Wildman–Crippen MR) is 156 cm³/mol. The fourth-order valence-electron chi connectivity index (χ4n) is 4.28. The van der Waals surface area contributed by atoms with E-state index in [1.54, 1.807) is 45.0 Å². The summed E-state index contributed by atoms with van der Waals surface area (Å²) in [5.74, 6) is -1.46. The third-order valence-corrected chi connectivity index (χ3v) is 6.31. The highest BCUT2D eigenvalue weighted by atomic mass is 16.6. The maximum Gasteiger partial charge on any atom is 0.412 e. The van der Waals surface area contributed by atoms with Crippen molar-refractivity contribution in [2.75, 3.05) is 18.4 Å². The molecule has 10 heteroatoms. The lowest BCUT2D eigenvalue weighted by atomic mass is 10.0. The molecule has 3 rings (SSSR count). The van der Waals surface area contributed by atoms with Crippen molar-refractivity contribution in [1.29, 1.82) is 0 Å². The van der Waals surface area contributed by atoms with Crippen LogP contribution >= 0.6 is 0 Å². The summed E-state index contributed by atoms with van der Waals surface area (Å²) in [7, 11) is 0. The summed E-state index contributed by atoms with van der Waals surface area (Å²) < 4.78 is 6.48.